The van der Waals surface area contributed by atoms with Crippen LogP contribution in [0.15, 0.2) is 71.6 Å². The summed E-state index contributed by atoms with van der Waals surface area (Å²) in [5, 5.41) is 9.61. The Labute approximate surface area is 214 Å². The van der Waals surface area contributed by atoms with Gasteiger partial charge in [0, 0.05) is 0 Å². The van der Waals surface area contributed by atoms with Crippen molar-refractivity contribution < 1.29 is 52.4 Å². The van der Waals surface area contributed by atoms with Crippen LogP contribution >= 0.6 is 0 Å². The molecule has 0 saturated carbocycles. The van der Waals surface area contributed by atoms with Gasteiger partial charge in [-0.25, -0.2) is 8.42 Å². The van der Waals surface area contributed by atoms with E-state index in [0.29, 0.717) is 25.2 Å². The molecule has 0 bridgehead atoms. The van der Waals surface area contributed by atoms with Gasteiger partial charge in [0.2, 0.25) is 0 Å². The zero-order chi connectivity index (χ0) is 22.9. The SMILES string of the molecule is CCC(C/C=C/CCC(CC(C)c1ccc(S(=O)(=O)[O-])cc1)C(=O)O)c1ccccc1.[Na+]. The molecule has 2 aromatic carbocycles. The van der Waals surface area contributed by atoms with Crippen LogP contribution in [0.4, 0.5) is 0 Å². The van der Waals surface area contributed by atoms with Crippen molar-refractivity contribution in [2.45, 2.75) is 62.7 Å². The summed E-state index contributed by atoms with van der Waals surface area (Å²) in [6.45, 7) is 4.09. The van der Waals surface area contributed by atoms with Crippen LogP contribution in [0.3, 0.4) is 0 Å². The number of carboxylic acids is 1. The summed E-state index contributed by atoms with van der Waals surface area (Å²) in [6, 6.07) is 16.1. The van der Waals surface area contributed by atoms with Gasteiger partial charge in [-0.3, -0.25) is 4.79 Å². The molecule has 2 aromatic rings. The number of hydrogen-bond acceptors (Lipinski definition) is 4. The average Bonchev–Trinajstić information content (AvgIpc) is 2.75. The third kappa shape index (κ3) is 9.20. The molecule has 168 valence electrons. The van der Waals surface area contributed by atoms with Gasteiger partial charge in [-0.2, -0.15) is 0 Å². The largest absolute Gasteiger partial charge is 1.00 e. The summed E-state index contributed by atoms with van der Waals surface area (Å²) in [7, 11) is -4.48. The van der Waals surface area contributed by atoms with E-state index in [1.54, 1.807) is 12.1 Å². The van der Waals surface area contributed by atoms with Crippen molar-refractivity contribution in [3.8, 4) is 0 Å². The van der Waals surface area contributed by atoms with E-state index in [1.165, 1.54) is 17.7 Å². The smallest absolute Gasteiger partial charge is 0.744 e. The number of rotatable bonds is 12. The van der Waals surface area contributed by atoms with Crippen LogP contribution in [-0.4, -0.2) is 24.0 Å². The van der Waals surface area contributed by atoms with Crippen LogP contribution in [0, 0.1) is 5.92 Å². The zero-order valence-corrected chi connectivity index (χ0v) is 21.9. The third-order valence-electron chi connectivity index (χ3n) is 5.76. The first kappa shape index (κ1) is 28.6. The first-order valence-corrected chi connectivity index (χ1v) is 12.1. The molecule has 1 N–H and O–H groups in total. The second-order valence-corrected chi connectivity index (χ2v) is 9.38. The molecule has 0 heterocycles. The maximum Gasteiger partial charge on any atom is 1.00 e. The van der Waals surface area contributed by atoms with E-state index in [-0.39, 0.29) is 40.4 Å². The number of hydrogen-bond donors (Lipinski definition) is 1. The molecule has 7 heteroatoms. The van der Waals surface area contributed by atoms with E-state index < -0.39 is 22.0 Å². The Morgan fingerprint density at radius 2 is 1.66 bits per heavy atom. The molecule has 0 aliphatic carbocycles. The molecule has 0 saturated heterocycles. The predicted octanol–water partition coefficient (Wildman–Crippen LogP) is 2.71. The summed E-state index contributed by atoms with van der Waals surface area (Å²) in [6.07, 6.45) is 7.90. The molecule has 0 fully saturated rings. The van der Waals surface area contributed by atoms with Crippen LogP contribution in [0.25, 0.3) is 0 Å². The van der Waals surface area contributed by atoms with E-state index in [0.717, 1.165) is 18.4 Å². The molecule has 32 heavy (non-hydrogen) atoms. The van der Waals surface area contributed by atoms with Crippen molar-refractivity contribution >= 4 is 16.1 Å². The third-order valence-corrected chi connectivity index (χ3v) is 6.61. The van der Waals surface area contributed by atoms with Gasteiger partial charge in [0.1, 0.15) is 10.1 Å². The van der Waals surface area contributed by atoms with Crippen molar-refractivity contribution in [1.29, 1.82) is 0 Å². The number of carboxylic acid groups (broad SMARTS) is 1. The summed E-state index contributed by atoms with van der Waals surface area (Å²) in [5.41, 5.74) is 2.14. The minimum Gasteiger partial charge on any atom is -0.744 e. The molecule has 0 aliphatic rings. The van der Waals surface area contributed by atoms with Crippen LogP contribution < -0.4 is 29.6 Å². The first-order chi connectivity index (χ1) is 14.7. The van der Waals surface area contributed by atoms with E-state index in [9.17, 15) is 22.9 Å². The second kappa shape index (κ2) is 14.0. The summed E-state index contributed by atoms with van der Waals surface area (Å²) < 4.78 is 33.2. The van der Waals surface area contributed by atoms with Gasteiger partial charge >= 0.3 is 35.5 Å². The quantitative estimate of drug-likeness (QED) is 0.295. The summed E-state index contributed by atoms with van der Waals surface area (Å²) >= 11 is 0. The standard InChI is InChI=1S/C25H32O5S.Na/c1-3-20(22-11-7-5-8-12-22)10-6-4-9-13-23(25(26)27)18-19(2)21-14-16-24(17-15-21)31(28,29)30;/h4-8,11-12,14-17,19-20,23H,3,9-10,13,18H2,1-2H3,(H,26,27)(H,28,29,30);/q;+1/p-1/b6-4+;. The molecule has 2 rings (SSSR count). The second-order valence-electron chi connectivity index (χ2n) is 8.00. The topological polar surface area (TPSA) is 94.5 Å². The fraction of sp³-hybridized carbons (Fsp3) is 0.400. The van der Waals surface area contributed by atoms with E-state index in [1.807, 2.05) is 25.1 Å². The molecule has 0 amide bonds. The Morgan fingerprint density at radius 1 is 1.03 bits per heavy atom. The van der Waals surface area contributed by atoms with Gasteiger partial charge in [0.25, 0.3) is 0 Å². The fourth-order valence-electron chi connectivity index (χ4n) is 3.81. The zero-order valence-electron chi connectivity index (χ0n) is 19.1. The van der Waals surface area contributed by atoms with E-state index in [4.69, 9.17) is 0 Å². The Bertz CT molecular complexity index is 956. The molecule has 3 atom stereocenters. The van der Waals surface area contributed by atoms with Crippen LogP contribution in [0.5, 0.6) is 0 Å². The molecular weight excluding hydrogens is 435 g/mol. The van der Waals surface area contributed by atoms with Gasteiger partial charge in [0.05, 0.1) is 10.8 Å². The van der Waals surface area contributed by atoms with Gasteiger partial charge in [-0.15, -0.1) is 0 Å². The summed E-state index contributed by atoms with van der Waals surface area (Å²) in [5.74, 6) is -0.905. The van der Waals surface area contributed by atoms with Crippen LogP contribution in [0.1, 0.15) is 68.9 Å². The maximum absolute atomic E-state index is 11.7. The van der Waals surface area contributed by atoms with Gasteiger partial charge in [-0.05, 0) is 67.2 Å². The Morgan fingerprint density at radius 3 is 2.19 bits per heavy atom. The Hall–Kier alpha value is -1.44. The van der Waals surface area contributed by atoms with Gasteiger partial charge in [-0.1, -0.05) is 68.5 Å². The molecule has 5 nitrogen and oxygen atoms in total. The van der Waals surface area contributed by atoms with Crippen molar-refractivity contribution in [3.63, 3.8) is 0 Å². The number of allylic oxidation sites excluding steroid dienone is 2. The normalized spacial score (nSPS) is 14.5. The Balaban J connectivity index is 0.00000512. The molecular formula is C25H31NaO5S. The molecule has 3 unspecified atom stereocenters. The monoisotopic (exact) mass is 466 g/mol. The van der Waals surface area contributed by atoms with Crippen molar-refractivity contribution in [3.05, 3.63) is 77.9 Å². The number of aliphatic carboxylic acids is 1. The molecule has 0 aromatic heterocycles. The molecule has 0 radical (unpaired) electrons. The Kier molecular flexibility index (Phi) is 12.5. The predicted molar refractivity (Wildman–Crippen MR) is 121 cm³/mol. The summed E-state index contributed by atoms with van der Waals surface area (Å²) in [4.78, 5) is 11.4. The molecule has 0 spiro atoms. The van der Waals surface area contributed by atoms with Crippen molar-refractivity contribution in [1.82, 2.24) is 0 Å². The van der Waals surface area contributed by atoms with Crippen LogP contribution in [0.2, 0.25) is 0 Å². The number of carbonyl (C=O) groups is 1. The van der Waals surface area contributed by atoms with Crippen molar-refractivity contribution in [2.75, 3.05) is 0 Å². The average molecular weight is 467 g/mol. The number of benzene rings is 2. The van der Waals surface area contributed by atoms with Gasteiger partial charge in [0.15, 0.2) is 0 Å². The van der Waals surface area contributed by atoms with E-state index in [2.05, 4.69) is 31.2 Å². The van der Waals surface area contributed by atoms with Gasteiger partial charge < -0.3 is 9.66 Å². The van der Waals surface area contributed by atoms with Crippen molar-refractivity contribution in [2.24, 2.45) is 5.92 Å². The maximum atomic E-state index is 11.7. The minimum absolute atomic E-state index is 0. The minimum atomic E-state index is -4.48. The van der Waals surface area contributed by atoms with E-state index >= 15 is 0 Å². The molecule has 0 aliphatic heterocycles. The first-order valence-electron chi connectivity index (χ1n) is 10.7. The van der Waals surface area contributed by atoms with Crippen LogP contribution in [-0.2, 0) is 14.9 Å². The fourth-order valence-corrected chi connectivity index (χ4v) is 4.28.